The fourth-order valence-electron chi connectivity index (χ4n) is 2.50. The van der Waals surface area contributed by atoms with Gasteiger partial charge in [-0.1, -0.05) is 12.1 Å². The molecule has 0 bridgehead atoms. The van der Waals surface area contributed by atoms with Crippen molar-refractivity contribution in [2.24, 2.45) is 5.92 Å². The lowest BCUT2D eigenvalue weighted by Gasteiger charge is -2.15. The zero-order chi connectivity index (χ0) is 15.8. The number of nitrogens with two attached hydrogens (primary N) is 1. The molecule has 0 radical (unpaired) electrons. The lowest BCUT2D eigenvalue weighted by Crippen LogP contribution is -2.31. The standard InChI is InChI=1S/C13H20N2O4S2/c1-9-3-4-10(2)13(12(9)14)21(18,19)15-7-11-5-6-20(16,17)8-11/h3-4,11,15H,5-8,14H2,1-2H3. The summed E-state index contributed by atoms with van der Waals surface area (Å²) in [6, 6.07) is 3.48. The number of nitrogen functional groups attached to an aromatic ring is 1. The number of nitrogens with one attached hydrogen (secondary N) is 1. The summed E-state index contributed by atoms with van der Waals surface area (Å²) < 4.78 is 50.1. The first-order valence-corrected chi connectivity index (χ1v) is 9.98. The Balaban J connectivity index is 2.19. The SMILES string of the molecule is Cc1ccc(C)c(S(=O)(=O)NCC2CCS(=O)(=O)C2)c1N. The maximum absolute atomic E-state index is 12.4. The van der Waals surface area contributed by atoms with E-state index in [9.17, 15) is 16.8 Å². The van der Waals surface area contributed by atoms with Crippen molar-refractivity contribution in [3.8, 4) is 0 Å². The summed E-state index contributed by atoms with van der Waals surface area (Å²) in [6.45, 7) is 3.55. The predicted molar refractivity (Wildman–Crippen MR) is 82.3 cm³/mol. The molecule has 3 N–H and O–H groups in total. The minimum Gasteiger partial charge on any atom is -0.397 e. The predicted octanol–water partition coefficient (Wildman–Crippen LogP) is 0.599. The second-order valence-corrected chi connectivity index (χ2v) is 9.50. The normalized spacial score (nSPS) is 21.5. The van der Waals surface area contributed by atoms with E-state index in [1.54, 1.807) is 26.0 Å². The Morgan fingerprint density at radius 2 is 1.90 bits per heavy atom. The van der Waals surface area contributed by atoms with Gasteiger partial charge in [0.15, 0.2) is 9.84 Å². The van der Waals surface area contributed by atoms with E-state index < -0.39 is 19.9 Å². The van der Waals surface area contributed by atoms with Gasteiger partial charge in [-0.3, -0.25) is 0 Å². The monoisotopic (exact) mass is 332 g/mol. The Bertz CT molecular complexity index is 755. The van der Waals surface area contributed by atoms with E-state index in [0.717, 1.165) is 0 Å². The molecule has 0 aromatic heterocycles. The Morgan fingerprint density at radius 3 is 2.48 bits per heavy atom. The highest BCUT2D eigenvalue weighted by atomic mass is 32.2. The molecular formula is C13H20N2O4S2. The molecule has 6 nitrogen and oxygen atoms in total. The third-order valence-electron chi connectivity index (χ3n) is 3.77. The second-order valence-electron chi connectivity index (χ2n) is 5.56. The summed E-state index contributed by atoms with van der Waals surface area (Å²) >= 11 is 0. The number of hydrogen-bond donors (Lipinski definition) is 2. The molecule has 21 heavy (non-hydrogen) atoms. The van der Waals surface area contributed by atoms with Gasteiger partial charge in [-0.2, -0.15) is 0 Å². The molecule has 1 aliphatic rings. The summed E-state index contributed by atoms with van der Waals surface area (Å²) in [5, 5.41) is 0. The number of hydrogen-bond acceptors (Lipinski definition) is 5. The molecule has 1 aromatic rings. The lowest BCUT2D eigenvalue weighted by atomic mass is 10.1. The maximum Gasteiger partial charge on any atom is 0.242 e. The number of sulfone groups is 1. The third-order valence-corrected chi connectivity index (χ3v) is 7.23. The Hall–Kier alpha value is -1.12. The molecule has 0 aliphatic carbocycles. The van der Waals surface area contributed by atoms with Gasteiger partial charge in [0, 0.05) is 6.54 Å². The molecule has 0 amide bonds. The van der Waals surface area contributed by atoms with E-state index >= 15 is 0 Å². The zero-order valence-corrected chi connectivity index (χ0v) is 13.7. The van der Waals surface area contributed by atoms with Crippen LogP contribution >= 0.6 is 0 Å². The van der Waals surface area contributed by atoms with Crippen LogP contribution < -0.4 is 10.5 Å². The Labute approximate surface area is 125 Å². The van der Waals surface area contributed by atoms with Gasteiger partial charge in [-0.05, 0) is 37.3 Å². The number of rotatable bonds is 4. The van der Waals surface area contributed by atoms with Crippen LogP contribution in [0.5, 0.6) is 0 Å². The maximum atomic E-state index is 12.4. The van der Waals surface area contributed by atoms with Crippen LogP contribution in [-0.2, 0) is 19.9 Å². The van der Waals surface area contributed by atoms with Crippen LogP contribution in [0.15, 0.2) is 17.0 Å². The van der Waals surface area contributed by atoms with Gasteiger partial charge in [-0.15, -0.1) is 0 Å². The van der Waals surface area contributed by atoms with Crippen LogP contribution in [-0.4, -0.2) is 34.9 Å². The van der Waals surface area contributed by atoms with Crippen LogP contribution in [0.1, 0.15) is 17.5 Å². The van der Waals surface area contributed by atoms with Crippen molar-refractivity contribution >= 4 is 25.5 Å². The fourth-order valence-corrected chi connectivity index (χ4v) is 5.90. The highest BCUT2D eigenvalue weighted by molar-refractivity contribution is 7.91. The number of sulfonamides is 1. The van der Waals surface area contributed by atoms with Gasteiger partial charge in [0.1, 0.15) is 4.90 Å². The van der Waals surface area contributed by atoms with E-state index in [0.29, 0.717) is 17.5 Å². The molecule has 0 spiro atoms. The first-order valence-electron chi connectivity index (χ1n) is 6.68. The van der Waals surface area contributed by atoms with Crippen LogP contribution in [0.25, 0.3) is 0 Å². The molecule has 1 unspecified atom stereocenters. The highest BCUT2D eigenvalue weighted by Gasteiger charge is 2.29. The van der Waals surface area contributed by atoms with Crippen molar-refractivity contribution in [3.05, 3.63) is 23.3 Å². The second kappa shape index (κ2) is 5.58. The molecule has 1 saturated heterocycles. The Kier molecular flexibility index (Phi) is 4.32. The molecule has 8 heteroatoms. The van der Waals surface area contributed by atoms with Gasteiger partial charge in [-0.25, -0.2) is 21.6 Å². The van der Waals surface area contributed by atoms with E-state index in [4.69, 9.17) is 5.73 Å². The highest BCUT2D eigenvalue weighted by Crippen LogP contribution is 2.26. The van der Waals surface area contributed by atoms with Crippen molar-refractivity contribution in [2.75, 3.05) is 23.8 Å². The lowest BCUT2D eigenvalue weighted by molar-refractivity contribution is 0.543. The van der Waals surface area contributed by atoms with Crippen molar-refractivity contribution in [1.29, 1.82) is 0 Å². The Morgan fingerprint density at radius 1 is 1.29 bits per heavy atom. The van der Waals surface area contributed by atoms with Gasteiger partial charge >= 0.3 is 0 Å². The largest absolute Gasteiger partial charge is 0.397 e. The quantitative estimate of drug-likeness (QED) is 0.785. The van der Waals surface area contributed by atoms with E-state index in [1.165, 1.54) is 0 Å². The summed E-state index contributed by atoms with van der Waals surface area (Å²) in [4.78, 5) is 0.0864. The number of benzene rings is 1. The van der Waals surface area contributed by atoms with E-state index in [1.807, 2.05) is 0 Å². The van der Waals surface area contributed by atoms with Crippen LogP contribution in [0.4, 0.5) is 5.69 Å². The van der Waals surface area contributed by atoms with Crippen molar-refractivity contribution < 1.29 is 16.8 Å². The molecule has 0 saturated carbocycles. The van der Waals surface area contributed by atoms with Crippen LogP contribution in [0.3, 0.4) is 0 Å². The molecular weight excluding hydrogens is 312 g/mol. The molecule has 1 aliphatic heterocycles. The molecule has 2 rings (SSSR count). The van der Waals surface area contributed by atoms with Gasteiger partial charge in [0.05, 0.1) is 17.2 Å². The molecule has 1 aromatic carbocycles. The first-order chi connectivity index (χ1) is 9.62. The smallest absolute Gasteiger partial charge is 0.242 e. The third kappa shape index (κ3) is 3.56. The minimum atomic E-state index is -3.74. The van der Waals surface area contributed by atoms with Crippen molar-refractivity contribution in [2.45, 2.75) is 25.2 Å². The van der Waals surface area contributed by atoms with Gasteiger partial charge in [0.2, 0.25) is 10.0 Å². The average molecular weight is 332 g/mol. The van der Waals surface area contributed by atoms with Gasteiger partial charge < -0.3 is 5.73 Å². The minimum absolute atomic E-state index is 0.0395. The average Bonchev–Trinajstić information content (AvgIpc) is 2.72. The first kappa shape index (κ1) is 16.3. The van der Waals surface area contributed by atoms with Crippen molar-refractivity contribution in [1.82, 2.24) is 4.72 Å². The van der Waals surface area contributed by atoms with E-state index in [-0.39, 0.29) is 34.6 Å². The molecule has 1 fully saturated rings. The zero-order valence-electron chi connectivity index (χ0n) is 12.1. The number of aryl methyl sites for hydroxylation is 2. The molecule has 118 valence electrons. The van der Waals surface area contributed by atoms with E-state index in [2.05, 4.69) is 4.72 Å². The number of anilines is 1. The molecule has 1 heterocycles. The summed E-state index contributed by atoms with van der Waals surface area (Å²) in [5.74, 6) is -0.000812. The van der Waals surface area contributed by atoms with Crippen LogP contribution in [0.2, 0.25) is 0 Å². The topological polar surface area (TPSA) is 106 Å². The summed E-state index contributed by atoms with van der Waals surface area (Å²) in [7, 11) is -6.75. The molecule has 1 atom stereocenters. The van der Waals surface area contributed by atoms with Gasteiger partial charge in [0.25, 0.3) is 0 Å². The summed E-state index contributed by atoms with van der Waals surface area (Å²) in [6.07, 6.45) is 0.493. The fraction of sp³-hybridized carbons (Fsp3) is 0.538. The van der Waals surface area contributed by atoms with Crippen LogP contribution in [0, 0.1) is 19.8 Å². The van der Waals surface area contributed by atoms with Crippen molar-refractivity contribution in [3.63, 3.8) is 0 Å². The summed E-state index contributed by atoms with van der Waals surface area (Å²) in [5.41, 5.74) is 7.39.